The molecule has 0 amide bonds. The first kappa shape index (κ1) is 9.48. The molecule has 1 saturated carbocycles. The molecule has 1 aromatic carbocycles. The lowest BCUT2D eigenvalue weighted by atomic mass is 10.1. The maximum absolute atomic E-state index is 6.15. The third-order valence-corrected chi connectivity index (χ3v) is 3.77. The van der Waals surface area contributed by atoms with Crippen LogP contribution in [0.4, 0.5) is 5.69 Å². The van der Waals surface area contributed by atoms with Gasteiger partial charge in [0, 0.05) is 5.92 Å². The number of nitrogens with two attached hydrogens (primary N) is 1. The second kappa shape index (κ2) is 3.12. The number of anilines is 1. The highest BCUT2D eigenvalue weighted by Gasteiger charge is 2.30. The van der Waals surface area contributed by atoms with Gasteiger partial charge in [-0.15, -0.1) is 0 Å². The van der Waals surface area contributed by atoms with Crippen LogP contribution in [-0.4, -0.2) is 5.16 Å². The van der Waals surface area contributed by atoms with Gasteiger partial charge in [0.1, 0.15) is 0 Å². The Morgan fingerprint density at radius 2 is 2.27 bits per heavy atom. The van der Waals surface area contributed by atoms with Gasteiger partial charge in [-0.2, -0.15) is 0 Å². The number of fused-ring (bicyclic) bond motifs is 1. The number of nitrogen functional groups attached to an aromatic ring is 1. The van der Waals surface area contributed by atoms with Crippen LogP contribution in [0.25, 0.3) is 11.0 Å². The summed E-state index contributed by atoms with van der Waals surface area (Å²) in [5, 5.41) is 5.60. The lowest BCUT2D eigenvalue weighted by molar-refractivity contribution is 0.445. The van der Waals surface area contributed by atoms with E-state index in [1.165, 1.54) is 12.8 Å². The van der Waals surface area contributed by atoms with Gasteiger partial charge in [-0.05, 0) is 34.8 Å². The van der Waals surface area contributed by atoms with E-state index in [-0.39, 0.29) is 0 Å². The van der Waals surface area contributed by atoms with E-state index in [2.05, 4.69) is 21.1 Å². The van der Waals surface area contributed by atoms with Crippen LogP contribution >= 0.6 is 27.5 Å². The molecule has 5 heteroatoms. The van der Waals surface area contributed by atoms with E-state index in [0.29, 0.717) is 22.2 Å². The van der Waals surface area contributed by atoms with Crippen LogP contribution in [0, 0.1) is 0 Å². The second-order valence-electron chi connectivity index (χ2n) is 3.81. The molecule has 1 heterocycles. The van der Waals surface area contributed by atoms with Crippen molar-refractivity contribution >= 4 is 44.2 Å². The average Bonchev–Trinajstić information content (AvgIpc) is 2.94. The standard InChI is InChI=1S/C10H8BrClN2O/c11-8-6(13)3-5(12)7-9(4-1-2-4)14-15-10(7)8/h3-4H,1-2,13H2. The van der Waals surface area contributed by atoms with Gasteiger partial charge in [-0.25, -0.2) is 0 Å². The van der Waals surface area contributed by atoms with Gasteiger partial charge in [-0.3, -0.25) is 0 Å². The van der Waals surface area contributed by atoms with E-state index in [1.807, 2.05) is 0 Å². The highest BCUT2D eigenvalue weighted by molar-refractivity contribution is 9.10. The molecular formula is C10H8BrClN2O. The van der Waals surface area contributed by atoms with Gasteiger partial charge >= 0.3 is 0 Å². The SMILES string of the molecule is Nc1cc(Cl)c2c(C3CC3)noc2c1Br. The van der Waals surface area contributed by atoms with Gasteiger partial charge in [0.2, 0.25) is 0 Å². The molecule has 1 aliphatic rings. The van der Waals surface area contributed by atoms with Gasteiger partial charge in [-0.1, -0.05) is 16.8 Å². The molecule has 3 nitrogen and oxygen atoms in total. The Kier molecular flexibility index (Phi) is 1.97. The maximum Gasteiger partial charge on any atom is 0.184 e. The van der Waals surface area contributed by atoms with Crippen LogP contribution in [0.1, 0.15) is 24.5 Å². The van der Waals surface area contributed by atoms with Crippen molar-refractivity contribution in [3.8, 4) is 0 Å². The summed E-state index contributed by atoms with van der Waals surface area (Å²) in [5.41, 5.74) is 7.97. The number of aromatic nitrogens is 1. The predicted molar refractivity (Wildman–Crippen MR) is 63.1 cm³/mol. The van der Waals surface area contributed by atoms with Crippen molar-refractivity contribution in [2.75, 3.05) is 5.73 Å². The van der Waals surface area contributed by atoms with E-state index in [4.69, 9.17) is 21.9 Å². The zero-order valence-electron chi connectivity index (χ0n) is 7.76. The molecule has 0 atom stereocenters. The molecule has 0 aliphatic heterocycles. The van der Waals surface area contributed by atoms with Gasteiger partial charge < -0.3 is 10.3 Å². The van der Waals surface area contributed by atoms with Crippen LogP contribution < -0.4 is 5.73 Å². The number of nitrogens with zero attached hydrogens (tertiary/aromatic N) is 1. The Labute approximate surface area is 99.7 Å². The summed E-state index contributed by atoms with van der Waals surface area (Å²) in [6.07, 6.45) is 2.33. The molecule has 0 saturated heterocycles. The Balaban J connectivity index is 2.38. The lowest BCUT2D eigenvalue weighted by Crippen LogP contribution is -1.88. The van der Waals surface area contributed by atoms with Crippen molar-refractivity contribution in [2.24, 2.45) is 0 Å². The van der Waals surface area contributed by atoms with E-state index in [9.17, 15) is 0 Å². The number of hydrogen-bond donors (Lipinski definition) is 1. The van der Waals surface area contributed by atoms with Crippen molar-refractivity contribution in [3.63, 3.8) is 0 Å². The highest BCUT2D eigenvalue weighted by atomic mass is 79.9. The molecule has 78 valence electrons. The molecule has 3 rings (SSSR count). The smallest absolute Gasteiger partial charge is 0.184 e. The van der Waals surface area contributed by atoms with Crippen molar-refractivity contribution in [3.05, 3.63) is 21.3 Å². The zero-order chi connectivity index (χ0) is 10.6. The molecule has 0 unspecified atom stereocenters. The molecule has 2 aromatic rings. The minimum Gasteiger partial charge on any atom is -0.398 e. The normalized spacial score (nSPS) is 16.1. The molecule has 2 N–H and O–H groups in total. The summed E-state index contributed by atoms with van der Waals surface area (Å²) >= 11 is 9.53. The van der Waals surface area contributed by atoms with Crippen LogP contribution in [0.5, 0.6) is 0 Å². The fourth-order valence-corrected chi connectivity index (χ4v) is 2.41. The number of rotatable bonds is 1. The Hall–Kier alpha value is -0.740. The van der Waals surface area contributed by atoms with E-state index in [0.717, 1.165) is 15.6 Å². The van der Waals surface area contributed by atoms with Crippen LogP contribution in [0.15, 0.2) is 15.1 Å². The molecule has 1 aliphatic carbocycles. The van der Waals surface area contributed by atoms with E-state index in [1.54, 1.807) is 6.07 Å². The van der Waals surface area contributed by atoms with Gasteiger partial charge in [0.25, 0.3) is 0 Å². The van der Waals surface area contributed by atoms with Crippen molar-refractivity contribution in [1.82, 2.24) is 5.16 Å². The second-order valence-corrected chi connectivity index (χ2v) is 5.01. The van der Waals surface area contributed by atoms with Crippen molar-refractivity contribution in [2.45, 2.75) is 18.8 Å². The summed E-state index contributed by atoms with van der Waals surface area (Å²) in [5.74, 6) is 0.513. The molecule has 1 aromatic heterocycles. The lowest BCUT2D eigenvalue weighted by Gasteiger charge is -2.00. The quantitative estimate of drug-likeness (QED) is 0.814. The average molecular weight is 288 g/mol. The molecular weight excluding hydrogens is 279 g/mol. The Morgan fingerprint density at radius 1 is 1.53 bits per heavy atom. The monoisotopic (exact) mass is 286 g/mol. The minimum absolute atomic E-state index is 0.513. The van der Waals surface area contributed by atoms with Crippen molar-refractivity contribution in [1.29, 1.82) is 0 Å². The zero-order valence-corrected chi connectivity index (χ0v) is 10.1. The Bertz CT molecular complexity index is 548. The van der Waals surface area contributed by atoms with E-state index < -0.39 is 0 Å². The Morgan fingerprint density at radius 3 is 2.93 bits per heavy atom. The summed E-state index contributed by atoms with van der Waals surface area (Å²) in [6.45, 7) is 0. The molecule has 0 spiro atoms. The molecule has 15 heavy (non-hydrogen) atoms. The summed E-state index contributed by atoms with van der Waals surface area (Å²) in [4.78, 5) is 0. The molecule has 1 fully saturated rings. The fourth-order valence-electron chi connectivity index (χ4n) is 1.72. The topological polar surface area (TPSA) is 52.0 Å². The van der Waals surface area contributed by atoms with E-state index >= 15 is 0 Å². The number of benzene rings is 1. The number of hydrogen-bond acceptors (Lipinski definition) is 3. The van der Waals surface area contributed by atoms with Crippen LogP contribution in [-0.2, 0) is 0 Å². The third kappa shape index (κ3) is 1.35. The van der Waals surface area contributed by atoms with Crippen molar-refractivity contribution < 1.29 is 4.52 Å². The number of halogens is 2. The summed E-state index contributed by atoms with van der Waals surface area (Å²) in [7, 11) is 0. The minimum atomic E-state index is 0.513. The molecule has 0 radical (unpaired) electrons. The first-order valence-electron chi connectivity index (χ1n) is 4.71. The first-order chi connectivity index (χ1) is 7.18. The first-order valence-corrected chi connectivity index (χ1v) is 5.88. The maximum atomic E-state index is 6.15. The third-order valence-electron chi connectivity index (χ3n) is 2.66. The molecule has 0 bridgehead atoms. The van der Waals surface area contributed by atoms with Crippen LogP contribution in [0.3, 0.4) is 0 Å². The summed E-state index contributed by atoms with van der Waals surface area (Å²) < 4.78 is 6.02. The van der Waals surface area contributed by atoms with Gasteiger partial charge in [0.05, 0.1) is 26.3 Å². The largest absolute Gasteiger partial charge is 0.398 e. The fraction of sp³-hybridized carbons (Fsp3) is 0.300. The summed E-state index contributed by atoms with van der Waals surface area (Å²) in [6, 6.07) is 1.73. The van der Waals surface area contributed by atoms with Crippen LogP contribution in [0.2, 0.25) is 5.02 Å². The highest BCUT2D eigenvalue weighted by Crippen LogP contribution is 2.46. The van der Waals surface area contributed by atoms with Gasteiger partial charge in [0.15, 0.2) is 5.58 Å². The predicted octanol–water partition coefficient (Wildman–Crippen LogP) is 3.70.